The molecule has 1 fully saturated rings. The van der Waals surface area contributed by atoms with Gasteiger partial charge in [0, 0.05) is 6.04 Å². The molecule has 1 saturated carbocycles. The van der Waals surface area contributed by atoms with Crippen molar-refractivity contribution in [1.82, 2.24) is 10.6 Å². The van der Waals surface area contributed by atoms with Crippen LogP contribution in [0, 0.1) is 5.41 Å². The first-order valence-electron chi connectivity index (χ1n) is 6.22. The maximum atomic E-state index is 12.1. The number of nitrogens with two attached hydrogens (primary N) is 1. The topological polar surface area (TPSA) is 84.2 Å². The number of nitrogens with one attached hydrogen (secondary N) is 2. The lowest BCUT2D eigenvalue weighted by Crippen LogP contribution is -2.53. The van der Waals surface area contributed by atoms with Gasteiger partial charge in [0.1, 0.15) is 6.04 Å². The second-order valence-electron chi connectivity index (χ2n) is 5.03. The van der Waals surface area contributed by atoms with Crippen LogP contribution >= 0.6 is 12.2 Å². The molecule has 0 bridgehead atoms. The van der Waals surface area contributed by atoms with Gasteiger partial charge in [0.15, 0.2) is 0 Å². The van der Waals surface area contributed by atoms with Crippen LogP contribution in [0.2, 0.25) is 0 Å². The molecule has 0 heterocycles. The summed E-state index contributed by atoms with van der Waals surface area (Å²) in [5.74, 6) is -0.455. The summed E-state index contributed by atoms with van der Waals surface area (Å²) in [4.78, 5) is 24.0. The van der Waals surface area contributed by atoms with E-state index >= 15 is 0 Å². The van der Waals surface area contributed by atoms with Crippen LogP contribution in [0.4, 0.5) is 0 Å². The monoisotopic (exact) mass is 271 g/mol. The zero-order valence-corrected chi connectivity index (χ0v) is 11.9. The van der Waals surface area contributed by atoms with Gasteiger partial charge < -0.3 is 16.4 Å². The first kappa shape index (κ1) is 14.9. The maximum Gasteiger partial charge on any atom is 0.242 e. The highest BCUT2D eigenvalue weighted by Crippen LogP contribution is 2.22. The third-order valence-electron chi connectivity index (χ3n) is 3.42. The highest BCUT2D eigenvalue weighted by Gasteiger charge is 2.36. The molecule has 0 aliphatic heterocycles. The van der Waals surface area contributed by atoms with E-state index in [9.17, 15) is 9.59 Å². The molecular formula is C12H21N3O2S. The molecule has 2 atom stereocenters. The molecule has 1 aliphatic rings. The summed E-state index contributed by atoms with van der Waals surface area (Å²) in [6.45, 7) is 5.19. The predicted molar refractivity (Wildman–Crippen MR) is 74.0 cm³/mol. The smallest absolute Gasteiger partial charge is 0.242 e. The molecule has 0 aromatic heterocycles. The molecule has 1 aliphatic carbocycles. The predicted octanol–water partition coefficient (Wildman–Crippen LogP) is 0.472. The molecule has 0 saturated heterocycles. The molecule has 0 aromatic rings. The van der Waals surface area contributed by atoms with Crippen molar-refractivity contribution in [2.45, 2.75) is 52.1 Å². The minimum Gasteiger partial charge on any atom is -0.392 e. The van der Waals surface area contributed by atoms with E-state index in [1.807, 2.05) is 6.92 Å². The Morgan fingerprint density at radius 2 is 2.06 bits per heavy atom. The summed E-state index contributed by atoms with van der Waals surface area (Å²) < 4.78 is 0. The summed E-state index contributed by atoms with van der Waals surface area (Å²) in [6.07, 6.45) is 2.54. The van der Waals surface area contributed by atoms with Crippen molar-refractivity contribution in [3.63, 3.8) is 0 Å². The lowest BCUT2D eigenvalue weighted by atomic mass is 9.86. The molecule has 0 radical (unpaired) electrons. The number of rotatable bonds is 6. The molecule has 1 rings (SSSR count). The standard InChI is InChI=1S/C12H21N3O2S/c1-4-12(3,10(13)18)11(17)14-7(2)9(16)15-8-5-6-8/h7-8H,4-6H2,1-3H3,(H2,13,18)(H,14,17)(H,15,16). The first-order valence-corrected chi connectivity index (χ1v) is 6.63. The quantitative estimate of drug-likeness (QED) is 0.613. The molecule has 6 heteroatoms. The summed E-state index contributed by atoms with van der Waals surface area (Å²) in [5.41, 5.74) is 4.70. The zero-order chi connectivity index (χ0) is 13.9. The largest absolute Gasteiger partial charge is 0.392 e. The minimum absolute atomic E-state index is 0.150. The number of thiocarbonyl (C=S) groups is 1. The van der Waals surface area contributed by atoms with Gasteiger partial charge in [-0.05, 0) is 33.1 Å². The van der Waals surface area contributed by atoms with Crippen molar-refractivity contribution in [3.05, 3.63) is 0 Å². The van der Waals surface area contributed by atoms with E-state index in [0.29, 0.717) is 6.42 Å². The van der Waals surface area contributed by atoms with Crippen molar-refractivity contribution in [2.75, 3.05) is 0 Å². The minimum atomic E-state index is -0.899. The second-order valence-corrected chi connectivity index (χ2v) is 5.47. The molecule has 0 aromatic carbocycles. The van der Waals surface area contributed by atoms with Gasteiger partial charge in [0.25, 0.3) is 0 Å². The molecule has 2 unspecified atom stereocenters. The Kier molecular flexibility index (Phi) is 4.67. The molecule has 2 amide bonds. The molecule has 0 spiro atoms. The van der Waals surface area contributed by atoms with Crippen LogP contribution in [0.25, 0.3) is 0 Å². The summed E-state index contributed by atoms with van der Waals surface area (Å²) in [6, 6.07) is -0.289. The van der Waals surface area contributed by atoms with Crippen molar-refractivity contribution < 1.29 is 9.59 Å². The van der Waals surface area contributed by atoms with Crippen LogP contribution in [-0.2, 0) is 9.59 Å². The van der Waals surface area contributed by atoms with E-state index in [2.05, 4.69) is 10.6 Å². The van der Waals surface area contributed by atoms with Crippen LogP contribution < -0.4 is 16.4 Å². The fraction of sp³-hybridized carbons (Fsp3) is 0.750. The van der Waals surface area contributed by atoms with E-state index in [4.69, 9.17) is 18.0 Å². The zero-order valence-electron chi connectivity index (χ0n) is 11.1. The van der Waals surface area contributed by atoms with Gasteiger partial charge in [-0.25, -0.2) is 0 Å². The Balaban J connectivity index is 2.56. The van der Waals surface area contributed by atoms with E-state index in [1.165, 1.54) is 0 Å². The van der Waals surface area contributed by atoms with Crippen LogP contribution in [0.15, 0.2) is 0 Å². The average Bonchev–Trinajstić information content (AvgIpc) is 3.11. The highest BCUT2D eigenvalue weighted by molar-refractivity contribution is 7.80. The second kappa shape index (κ2) is 5.65. The fourth-order valence-electron chi connectivity index (χ4n) is 1.42. The summed E-state index contributed by atoms with van der Waals surface area (Å²) >= 11 is 4.92. The van der Waals surface area contributed by atoms with Gasteiger partial charge in [-0.15, -0.1) is 0 Å². The SMILES string of the molecule is CCC(C)(C(=O)NC(C)C(=O)NC1CC1)C(N)=S. The molecule has 102 valence electrons. The Morgan fingerprint density at radius 1 is 1.50 bits per heavy atom. The third-order valence-corrected chi connectivity index (χ3v) is 3.87. The Hall–Kier alpha value is -1.17. The highest BCUT2D eigenvalue weighted by atomic mass is 32.1. The van der Waals surface area contributed by atoms with Gasteiger partial charge in [0.05, 0.1) is 10.4 Å². The molecule has 4 N–H and O–H groups in total. The van der Waals surface area contributed by atoms with E-state index < -0.39 is 11.5 Å². The van der Waals surface area contributed by atoms with Gasteiger partial charge in [0.2, 0.25) is 11.8 Å². The lowest BCUT2D eigenvalue weighted by Gasteiger charge is -2.27. The average molecular weight is 271 g/mol. The Bertz CT molecular complexity index is 368. The maximum absolute atomic E-state index is 12.1. The van der Waals surface area contributed by atoms with Crippen molar-refractivity contribution >= 4 is 29.0 Å². The van der Waals surface area contributed by atoms with Crippen LogP contribution in [-0.4, -0.2) is 28.9 Å². The molecular weight excluding hydrogens is 250 g/mol. The Morgan fingerprint density at radius 3 is 2.44 bits per heavy atom. The number of carbonyl (C=O) groups is 2. The van der Waals surface area contributed by atoms with Crippen molar-refractivity contribution in [2.24, 2.45) is 11.1 Å². The number of hydrogen-bond donors (Lipinski definition) is 3. The van der Waals surface area contributed by atoms with Crippen LogP contribution in [0.1, 0.15) is 40.0 Å². The first-order chi connectivity index (χ1) is 8.31. The van der Waals surface area contributed by atoms with Gasteiger partial charge in [-0.2, -0.15) is 0 Å². The van der Waals surface area contributed by atoms with Crippen molar-refractivity contribution in [3.8, 4) is 0 Å². The fourth-order valence-corrected chi connectivity index (χ4v) is 1.66. The third kappa shape index (κ3) is 3.41. The normalized spacial score (nSPS) is 19.5. The Labute approximate surface area is 113 Å². The van der Waals surface area contributed by atoms with Crippen molar-refractivity contribution in [1.29, 1.82) is 0 Å². The lowest BCUT2D eigenvalue weighted by molar-refractivity contribution is -0.132. The van der Waals surface area contributed by atoms with Crippen LogP contribution in [0.3, 0.4) is 0 Å². The van der Waals surface area contributed by atoms with E-state index in [1.54, 1.807) is 13.8 Å². The molecule has 5 nitrogen and oxygen atoms in total. The number of carbonyl (C=O) groups excluding carboxylic acids is 2. The number of hydrogen-bond acceptors (Lipinski definition) is 3. The van der Waals surface area contributed by atoms with E-state index in [-0.39, 0.29) is 22.8 Å². The van der Waals surface area contributed by atoms with E-state index in [0.717, 1.165) is 12.8 Å². The molecule has 18 heavy (non-hydrogen) atoms. The summed E-state index contributed by atoms with van der Waals surface area (Å²) in [7, 11) is 0. The summed E-state index contributed by atoms with van der Waals surface area (Å²) in [5, 5.41) is 5.51. The van der Waals surface area contributed by atoms with Crippen LogP contribution in [0.5, 0.6) is 0 Å². The van der Waals surface area contributed by atoms with Gasteiger partial charge in [-0.3, -0.25) is 9.59 Å². The number of amides is 2. The van der Waals surface area contributed by atoms with Gasteiger partial charge >= 0.3 is 0 Å². The van der Waals surface area contributed by atoms with Gasteiger partial charge in [-0.1, -0.05) is 19.1 Å².